The highest BCUT2D eigenvalue weighted by atomic mass is 16.1. The highest BCUT2D eigenvalue weighted by molar-refractivity contribution is 5.20. The highest BCUT2D eigenvalue weighted by Crippen LogP contribution is 2.40. The Labute approximate surface area is 88.9 Å². The summed E-state index contributed by atoms with van der Waals surface area (Å²) >= 11 is 0. The molecule has 1 aromatic heterocycles. The third kappa shape index (κ3) is 1.83. The Bertz CT molecular complexity index is 414. The van der Waals surface area contributed by atoms with Crippen molar-refractivity contribution < 1.29 is 0 Å². The average molecular weight is 204 g/mol. The number of hydrogen-bond acceptors (Lipinski definition) is 2. The molecule has 0 aliphatic heterocycles. The van der Waals surface area contributed by atoms with Crippen LogP contribution >= 0.6 is 0 Å². The van der Waals surface area contributed by atoms with Gasteiger partial charge in [-0.2, -0.15) is 4.98 Å². The Morgan fingerprint density at radius 2 is 1.87 bits per heavy atom. The molecule has 0 amide bonds. The Morgan fingerprint density at radius 1 is 1.13 bits per heavy atom. The molecule has 0 spiro atoms. The van der Waals surface area contributed by atoms with Gasteiger partial charge in [0, 0.05) is 11.6 Å². The van der Waals surface area contributed by atoms with Gasteiger partial charge in [0.05, 0.1) is 5.69 Å². The maximum atomic E-state index is 11.4. The summed E-state index contributed by atoms with van der Waals surface area (Å²) in [6.45, 7) is 0. The first-order valence-electron chi connectivity index (χ1n) is 5.94. The zero-order valence-corrected chi connectivity index (χ0v) is 8.83. The predicted octanol–water partition coefficient (Wildman–Crippen LogP) is 2.30. The van der Waals surface area contributed by atoms with Crippen molar-refractivity contribution in [3.63, 3.8) is 0 Å². The Hall–Kier alpha value is -1.12. The van der Waals surface area contributed by atoms with Crippen molar-refractivity contribution >= 4 is 0 Å². The van der Waals surface area contributed by atoms with Gasteiger partial charge in [0.15, 0.2) is 0 Å². The molecule has 3 rings (SSSR count). The first-order valence-corrected chi connectivity index (χ1v) is 5.94. The van der Waals surface area contributed by atoms with E-state index in [-0.39, 0.29) is 5.69 Å². The van der Waals surface area contributed by atoms with Gasteiger partial charge in [0.1, 0.15) is 0 Å². The third-order valence-corrected chi connectivity index (χ3v) is 3.58. The van der Waals surface area contributed by atoms with Gasteiger partial charge in [-0.15, -0.1) is 0 Å². The van der Waals surface area contributed by atoms with Crippen molar-refractivity contribution in [2.24, 2.45) is 0 Å². The van der Waals surface area contributed by atoms with E-state index in [9.17, 15) is 4.79 Å². The summed E-state index contributed by atoms with van der Waals surface area (Å²) < 4.78 is 0. The third-order valence-electron chi connectivity index (χ3n) is 3.58. The average Bonchev–Trinajstić information content (AvgIpc) is 2.93. The van der Waals surface area contributed by atoms with Crippen molar-refractivity contribution in [1.29, 1.82) is 0 Å². The number of H-pyrrole nitrogens is 1. The van der Waals surface area contributed by atoms with Gasteiger partial charge in [0.25, 0.3) is 0 Å². The van der Waals surface area contributed by atoms with E-state index in [1.807, 2.05) is 0 Å². The first kappa shape index (κ1) is 9.13. The molecule has 2 saturated carbocycles. The topological polar surface area (TPSA) is 45.8 Å². The van der Waals surface area contributed by atoms with Crippen LogP contribution in [0.25, 0.3) is 0 Å². The van der Waals surface area contributed by atoms with Gasteiger partial charge in [0.2, 0.25) is 0 Å². The summed E-state index contributed by atoms with van der Waals surface area (Å²) in [6, 6.07) is 2.13. The fourth-order valence-corrected chi connectivity index (χ4v) is 2.54. The maximum absolute atomic E-state index is 11.4. The molecule has 1 heterocycles. The molecule has 0 aromatic carbocycles. The normalized spacial score (nSPS) is 22.1. The largest absolute Gasteiger partial charge is 0.345 e. The summed E-state index contributed by atoms with van der Waals surface area (Å²) in [5.41, 5.74) is 2.01. The van der Waals surface area contributed by atoms with Crippen LogP contribution in [-0.2, 0) is 0 Å². The molecule has 80 valence electrons. The van der Waals surface area contributed by atoms with Crippen molar-refractivity contribution in [3.05, 3.63) is 27.9 Å². The molecular weight excluding hydrogens is 188 g/mol. The number of nitrogens with zero attached hydrogens (tertiary/aromatic N) is 1. The minimum Gasteiger partial charge on any atom is -0.310 e. The summed E-state index contributed by atoms with van der Waals surface area (Å²) in [5, 5.41) is 0. The molecule has 0 unspecified atom stereocenters. The van der Waals surface area contributed by atoms with Gasteiger partial charge < -0.3 is 4.98 Å². The van der Waals surface area contributed by atoms with E-state index in [0.717, 1.165) is 11.4 Å². The number of aromatic amines is 1. The van der Waals surface area contributed by atoms with E-state index in [4.69, 9.17) is 0 Å². The van der Waals surface area contributed by atoms with Gasteiger partial charge in [-0.05, 0) is 37.7 Å². The highest BCUT2D eigenvalue weighted by Gasteiger charge is 2.26. The van der Waals surface area contributed by atoms with E-state index in [1.54, 1.807) is 0 Å². The van der Waals surface area contributed by atoms with E-state index < -0.39 is 0 Å². The molecule has 2 aliphatic rings. The van der Waals surface area contributed by atoms with E-state index in [1.165, 1.54) is 38.5 Å². The molecule has 2 aliphatic carbocycles. The second-order valence-corrected chi connectivity index (χ2v) is 4.82. The van der Waals surface area contributed by atoms with Crippen LogP contribution in [0.1, 0.15) is 61.7 Å². The van der Waals surface area contributed by atoms with Crippen LogP contribution in [0.2, 0.25) is 0 Å². The van der Waals surface area contributed by atoms with Gasteiger partial charge >= 0.3 is 5.69 Å². The van der Waals surface area contributed by atoms with E-state index >= 15 is 0 Å². The van der Waals surface area contributed by atoms with Crippen molar-refractivity contribution in [1.82, 2.24) is 9.97 Å². The van der Waals surface area contributed by atoms with Crippen LogP contribution in [-0.4, -0.2) is 9.97 Å². The molecule has 3 nitrogen and oxygen atoms in total. The minimum atomic E-state index is -0.152. The van der Waals surface area contributed by atoms with Crippen LogP contribution in [0.5, 0.6) is 0 Å². The standard InChI is InChI=1S/C12H16N2O/c15-12-13-10(8-3-1-2-4-8)7-11(14-12)9-5-6-9/h7-9H,1-6H2,(H,13,14,15). The molecular formula is C12H16N2O. The zero-order valence-electron chi connectivity index (χ0n) is 8.83. The molecule has 0 radical (unpaired) electrons. The molecule has 3 heteroatoms. The molecule has 0 atom stereocenters. The summed E-state index contributed by atoms with van der Waals surface area (Å²) in [6.07, 6.45) is 7.45. The smallest absolute Gasteiger partial charge is 0.310 e. The van der Waals surface area contributed by atoms with Gasteiger partial charge in [-0.1, -0.05) is 12.8 Å². The summed E-state index contributed by atoms with van der Waals surface area (Å²) in [7, 11) is 0. The van der Waals surface area contributed by atoms with Crippen LogP contribution < -0.4 is 5.69 Å². The predicted molar refractivity (Wildman–Crippen MR) is 58.0 cm³/mol. The molecule has 2 fully saturated rings. The van der Waals surface area contributed by atoms with Crippen LogP contribution in [0.3, 0.4) is 0 Å². The second-order valence-electron chi connectivity index (χ2n) is 4.82. The van der Waals surface area contributed by atoms with E-state index in [2.05, 4.69) is 16.0 Å². The number of nitrogens with one attached hydrogen (secondary N) is 1. The quantitative estimate of drug-likeness (QED) is 0.803. The number of rotatable bonds is 2. The molecule has 1 N–H and O–H groups in total. The monoisotopic (exact) mass is 204 g/mol. The first-order chi connectivity index (χ1) is 7.33. The number of hydrogen-bond donors (Lipinski definition) is 1. The van der Waals surface area contributed by atoms with Crippen LogP contribution in [0.4, 0.5) is 0 Å². The van der Waals surface area contributed by atoms with Crippen LogP contribution in [0.15, 0.2) is 10.9 Å². The van der Waals surface area contributed by atoms with Crippen molar-refractivity contribution in [3.8, 4) is 0 Å². The lowest BCUT2D eigenvalue weighted by atomic mass is 10.0. The molecule has 1 aromatic rings. The fraction of sp³-hybridized carbons (Fsp3) is 0.667. The molecule has 0 saturated heterocycles. The van der Waals surface area contributed by atoms with E-state index in [0.29, 0.717) is 11.8 Å². The summed E-state index contributed by atoms with van der Waals surface area (Å²) in [4.78, 5) is 18.4. The lowest BCUT2D eigenvalue weighted by molar-refractivity contribution is 0.683. The summed E-state index contributed by atoms with van der Waals surface area (Å²) in [5.74, 6) is 1.16. The fourth-order valence-electron chi connectivity index (χ4n) is 2.54. The Kier molecular flexibility index (Phi) is 2.11. The SMILES string of the molecule is O=c1nc(C2CCCC2)cc(C2CC2)[nH]1. The van der Waals surface area contributed by atoms with Crippen LogP contribution in [0, 0.1) is 0 Å². The van der Waals surface area contributed by atoms with Crippen molar-refractivity contribution in [2.45, 2.75) is 50.4 Å². The Morgan fingerprint density at radius 3 is 2.53 bits per heavy atom. The zero-order chi connectivity index (χ0) is 10.3. The molecule has 15 heavy (non-hydrogen) atoms. The lowest BCUT2D eigenvalue weighted by Gasteiger charge is -2.08. The maximum Gasteiger partial charge on any atom is 0.345 e. The number of aromatic nitrogens is 2. The molecule has 0 bridgehead atoms. The Balaban J connectivity index is 1.95. The van der Waals surface area contributed by atoms with Gasteiger partial charge in [-0.3, -0.25) is 0 Å². The van der Waals surface area contributed by atoms with Crippen molar-refractivity contribution in [2.75, 3.05) is 0 Å². The lowest BCUT2D eigenvalue weighted by Crippen LogP contribution is -2.16. The second kappa shape index (κ2) is 3.47. The van der Waals surface area contributed by atoms with Gasteiger partial charge in [-0.25, -0.2) is 4.79 Å². The minimum absolute atomic E-state index is 0.152.